The van der Waals surface area contributed by atoms with E-state index in [9.17, 15) is 10.2 Å². The Balaban J connectivity index is 2.16. The molecule has 0 unspecified atom stereocenters. The molecule has 0 spiro atoms. The Morgan fingerprint density at radius 1 is 0.469 bits per heavy atom. The summed E-state index contributed by atoms with van der Waals surface area (Å²) >= 11 is 0. The number of aryl methyl sites for hydroxylation is 3. The van der Waals surface area contributed by atoms with E-state index >= 15 is 0 Å². The Hall–Kier alpha value is -3.52. The number of rotatable bonds is 3. The van der Waals surface area contributed by atoms with E-state index < -0.39 is 0 Å². The monoisotopic (exact) mass is 422 g/mol. The van der Waals surface area contributed by atoms with E-state index in [1.54, 1.807) is 0 Å². The van der Waals surface area contributed by atoms with Crippen molar-refractivity contribution in [2.45, 2.75) is 41.5 Å². The summed E-state index contributed by atoms with van der Waals surface area (Å²) in [7, 11) is 0. The summed E-state index contributed by atoms with van der Waals surface area (Å²) in [5.41, 5.74) is 11.7. The molecule has 0 saturated heterocycles. The van der Waals surface area contributed by atoms with Crippen LogP contribution in [-0.4, -0.2) is 10.2 Å². The molecule has 0 aliphatic heterocycles. The largest absolute Gasteiger partial charge is 0.507 e. The van der Waals surface area contributed by atoms with E-state index in [1.807, 2.05) is 50.2 Å². The van der Waals surface area contributed by atoms with Gasteiger partial charge in [0.25, 0.3) is 0 Å². The summed E-state index contributed by atoms with van der Waals surface area (Å²) in [6.07, 6.45) is 0. The molecule has 0 aliphatic carbocycles. The van der Waals surface area contributed by atoms with Gasteiger partial charge in [0.1, 0.15) is 11.5 Å². The zero-order valence-electron chi connectivity index (χ0n) is 19.7. The SMILES string of the molecule is Cc1cccc(-c2cc(O)c(-c3cccc(C)c3C)c(O)c2-c2cccc(C)c2C)c1C. The molecular formula is C30H30O2. The van der Waals surface area contributed by atoms with Gasteiger partial charge < -0.3 is 10.2 Å². The van der Waals surface area contributed by atoms with Gasteiger partial charge in [0.15, 0.2) is 0 Å². The first kappa shape index (κ1) is 21.7. The standard InChI is InChI=1S/C30H30O2/c1-17-10-7-13-23(20(17)4)26-16-27(31)29(25-15-9-12-19(3)22(25)6)30(32)28(26)24-14-8-11-18(2)21(24)5/h7-16,31-32H,1-6H3. The van der Waals surface area contributed by atoms with Crippen LogP contribution in [0.2, 0.25) is 0 Å². The first-order chi connectivity index (χ1) is 15.2. The van der Waals surface area contributed by atoms with E-state index in [0.29, 0.717) is 5.56 Å². The maximum Gasteiger partial charge on any atom is 0.135 e. The molecular weight excluding hydrogens is 392 g/mol. The average Bonchev–Trinajstić information content (AvgIpc) is 2.75. The average molecular weight is 423 g/mol. The fourth-order valence-electron chi connectivity index (χ4n) is 4.49. The predicted molar refractivity (Wildman–Crippen MR) is 135 cm³/mol. The van der Waals surface area contributed by atoms with Gasteiger partial charge in [0.05, 0.1) is 5.56 Å². The van der Waals surface area contributed by atoms with Crippen LogP contribution >= 0.6 is 0 Å². The number of aromatic hydroxyl groups is 2. The Kier molecular flexibility index (Phi) is 5.56. The first-order valence-corrected chi connectivity index (χ1v) is 11.0. The second-order valence-corrected chi connectivity index (χ2v) is 8.78. The lowest BCUT2D eigenvalue weighted by Crippen LogP contribution is -1.97. The van der Waals surface area contributed by atoms with Gasteiger partial charge in [-0.25, -0.2) is 0 Å². The molecule has 0 aromatic heterocycles. The molecule has 0 fully saturated rings. The Bertz CT molecular complexity index is 1350. The van der Waals surface area contributed by atoms with Crippen molar-refractivity contribution in [2.24, 2.45) is 0 Å². The molecule has 2 N–H and O–H groups in total. The molecule has 4 rings (SSSR count). The normalized spacial score (nSPS) is 11.1. The number of phenols is 2. The smallest absolute Gasteiger partial charge is 0.135 e. The van der Waals surface area contributed by atoms with Gasteiger partial charge in [0.2, 0.25) is 0 Å². The maximum absolute atomic E-state index is 11.7. The number of hydrogen-bond acceptors (Lipinski definition) is 2. The minimum absolute atomic E-state index is 0.0844. The summed E-state index contributed by atoms with van der Waals surface area (Å²) in [6, 6.07) is 20.1. The third kappa shape index (κ3) is 3.46. The van der Waals surface area contributed by atoms with E-state index in [4.69, 9.17) is 0 Å². The zero-order chi connectivity index (χ0) is 23.2. The van der Waals surface area contributed by atoms with Gasteiger partial charge in [-0.1, -0.05) is 54.6 Å². The van der Waals surface area contributed by atoms with Crippen molar-refractivity contribution in [3.63, 3.8) is 0 Å². The minimum atomic E-state index is 0.0844. The number of phenolic OH excluding ortho intramolecular Hbond substituents is 2. The van der Waals surface area contributed by atoms with Crippen LogP contribution < -0.4 is 0 Å². The molecule has 0 aliphatic rings. The summed E-state index contributed by atoms with van der Waals surface area (Å²) < 4.78 is 0. The third-order valence-corrected chi connectivity index (χ3v) is 6.92. The van der Waals surface area contributed by atoms with Gasteiger partial charge in [-0.05, 0) is 103 Å². The molecule has 0 amide bonds. The summed E-state index contributed by atoms with van der Waals surface area (Å²) in [4.78, 5) is 0. The summed E-state index contributed by atoms with van der Waals surface area (Å²) in [6.45, 7) is 12.4. The first-order valence-electron chi connectivity index (χ1n) is 11.0. The van der Waals surface area contributed by atoms with Crippen LogP contribution in [0.1, 0.15) is 33.4 Å². The highest BCUT2D eigenvalue weighted by Gasteiger charge is 2.24. The van der Waals surface area contributed by atoms with Crippen molar-refractivity contribution >= 4 is 0 Å². The minimum Gasteiger partial charge on any atom is -0.507 e. The molecule has 0 heterocycles. The van der Waals surface area contributed by atoms with Crippen LogP contribution in [0.3, 0.4) is 0 Å². The molecule has 0 atom stereocenters. The molecule has 4 aromatic rings. The lowest BCUT2D eigenvalue weighted by Gasteiger charge is -2.22. The van der Waals surface area contributed by atoms with Gasteiger partial charge in [-0.2, -0.15) is 0 Å². The fourth-order valence-corrected chi connectivity index (χ4v) is 4.49. The van der Waals surface area contributed by atoms with Gasteiger partial charge in [-0.15, -0.1) is 0 Å². The van der Waals surface area contributed by atoms with Crippen molar-refractivity contribution in [1.82, 2.24) is 0 Å². The van der Waals surface area contributed by atoms with E-state index in [0.717, 1.165) is 55.6 Å². The Morgan fingerprint density at radius 2 is 0.875 bits per heavy atom. The van der Waals surface area contributed by atoms with Crippen LogP contribution in [0.15, 0.2) is 60.7 Å². The third-order valence-electron chi connectivity index (χ3n) is 6.92. The second-order valence-electron chi connectivity index (χ2n) is 8.78. The highest BCUT2D eigenvalue weighted by atomic mass is 16.3. The maximum atomic E-state index is 11.7. The van der Waals surface area contributed by atoms with Crippen LogP contribution in [0.25, 0.3) is 33.4 Å². The van der Waals surface area contributed by atoms with E-state index in [2.05, 4.69) is 52.0 Å². The van der Waals surface area contributed by atoms with Crippen LogP contribution in [0, 0.1) is 41.5 Å². The quantitative estimate of drug-likeness (QED) is 0.352. The topological polar surface area (TPSA) is 40.5 Å². The summed E-state index contributed by atoms with van der Waals surface area (Å²) in [5.74, 6) is 0.199. The summed E-state index contributed by atoms with van der Waals surface area (Å²) in [5, 5.41) is 22.9. The van der Waals surface area contributed by atoms with Crippen LogP contribution in [0.5, 0.6) is 11.5 Å². The van der Waals surface area contributed by atoms with Crippen molar-refractivity contribution in [3.8, 4) is 44.9 Å². The molecule has 0 bridgehead atoms. The molecule has 4 aromatic carbocycles. The van der Waals surface area contributed by atoms with Crippen molar-refractivity contribution in [3.05, 3.63) is 94.0 Å². The zero-order valence-corrected chi connectivity index (χ0v) is 19.7. The molecule has 2 heteroatoms. The molecule has 162 valence electrons. The van der Waals surface area contributed by atoms with E-state index in [-0.39, 0.29) is 11.5 Å². The Morgan fingerprint density at radius 3 is 1.38 bits per heavy atom. The lowest BCUT2D eigenvalue weighted by molar-refractivity contribution is 0.456. The van der Waals surface area contributed by atoms with E-state index in [1.165, 1.54) is 5.56 Å². The van der Waals surface area contributed by atoms with Gasteiger partial charge in [0, 0.05) is 5.56 Å². The van der Waals surface area contributed by atoms with Crippen molar-refractivity contribution in [1.29, 1.82) is 0 Å². The highest BCUT2D eigenvalue weighted by Crippen LogP contribution is 2.51. The van der Waals surface area contributed by atoms with Crippen molar-refractivity contribution in [2.75, 3.05) is 0 Å². The fraction of sp³-hybridized carbons (Fsp3) is 0.200. The second kappa shape index (κ2) is 8.20. The van der Waals surface area contributed by atoms with Gasteiger partial charge >= 0.3 is 0 Å². The van der Waals surface area contributed by atoms with Crippen molar-refractivity contribution < 1.29 is 10.2 Å². The predicted octanol–water partition coefficient (Wildman–Crippen LogP) is 7.95. The number of hydrogen-bond donors (Lipinski definition) is 2. The molecule has 32 heavy (non-hydrogen) atoms. The highest BCUT2D eigenvalue weighted by molar-refractivity contribution is 5.97. The van der Waals surface area contributed by atoms with Crippen LogP contribution in [0.4, 0.5) is 0 Å². The van der Waals surface area contributed by atoms with Crippen LogP contribution in [-0.2, 0) is 0 Å². The molecule has 2 nitrogen and oxygen atoms in total. The number of benzene rings is 4. The van der Waals surface area contributed by atoms with Gasteiger partial charge in [-0.3, -0.25) is 0 Å². The molecule has 0 radical (unpaired) electrons. The lowest BCUT2D eigenvalue weighted by atomic mass is 9.84. The molecule has 0 saturated carbocycles. The Labute approximate surface area is 190 Å².